The molecule has 7 heteroatoms. The molecule has 0 saturated carbocycles. The third kappa shape index (κ3) is 2.93. The molecule has 0 aromatic heterocycles. The predicted molar refractivity (Wildman–Crippen MR) is 69.9 cm³/mol. The van der Waals surface area contributed by atoms with Crippen LogP contribution in [0.15, 0.2) is 18.2 Å². The fourth-order valence-corrected chi connectivity index (χ4v) is 2.07. The molecule has 1 aliphatic heterocycles. The van der Waals surface area contributed by atoms with Crippen LogP contribution in [0.5, 0.6) is 0 Å². The summed E-state index contributed by atoms with van der Waals surface area (Å²) in [7, 11) is 0. The van der Waals surface area contributed by atoms with E-state index in [4.69, 9.17) is 23.2 Å². The molecule has 0 spiro atoms. The first-order valence-corrected chi connectivity index (χ1v) is 6.08. The highest BCUT2D eigenvalue weighted by Gasteiger charge is 2.24. The van der Waals surface area contributed by atoms with Crippen molar-refractivity contribution in [1.82, 2.24) is 10.6 Å². The summed E-state index contributed by atoms with van der Waals surface area (Å²) in [6.45, 7) is 0.362. The van der Waals surface area contributed by atoms with Gasteiger partial charge in [-0.1, -0.05) is 29.3 Å². The van der Waals surface area contributed by atoms with Gasteiger partial charge < -0.3 is 10.6 Å². The van der Waals surface area contributed by atoms with Gasteiger partial charge in [-0.25, -0.2) is 0 Å². The van der Waals surface area contributed by atoms with E-state index in [1.807, 2.05) is 0 Å². The molecule has 1 atom stereocenters. The van der Waals surface area contributed by atoms with Crippen molar-refractivity contribution < 1.29 is 9.59 Å². The fourth-order valence-electron chi connectivity index (χ4n) is 1.58. The monoisotopic (exact) mass is 287 g/mol. The highest BCUT2D eigenvalue weighted by atomic mass is 35.5. The summed E-state index contributed by atoms with van der Waals surface area (Å²) in [6, 6.07) is 4.48. The second-order valence-electron chi connectivity index (χ2n) is 3.82. The number of anilines is 1. The number of hydrogen-bond acceptors (Lipinski definition) is 3. The van der Waals surface area contributed by atoms with Gasteiger partial charge >= 0.3 is 0 Å². The van der Waals surface area contributed by atoms with Crippen LogP contribution >= 0.6 is 23.2 Å². The van der Waals surface area contributed by atoms with Crippen LogP contribution in [0.25, 0.3) is 0 Å². The quantitative estimate of drug-likeness (QED) is 0.761. The van der Waals surface area contributed by atoms with Gasteiger partial charge in [0.2, 0.25) is 11.8 Å². The predicted octanol–water partition coefficient (Wildman–Crippen LogP) is 1.02. The first kappa shape index (κ1) is 13.1. The van der Waals surface area contributed by atoms with Crippen LogP contribution in [0.4, 0.5) is 5.69 Å². The lowest BCUT2D eigenvalue weighted by atomic mass is 10.2. The van der Waals surface area contributed by atoms with Crippen molar-refractivity contribution in [2.75, 3.05) is 18.4 Å². The molecule has 1 aromatic carbocycles. The van der Waals surface area contributed by atoms with E-state index in [0.717, 1.165) is 0 Å². The van der Waals surface area contributed by atoms with E-state index in [1.54, 1.807) is 18.2 Å². The van der Waals surface area contributed by atoms with Gasteiger partial charge in [0.05, 0.1) is 22.3 Å². The number of nitrogens with one attached hydrogen (secondary N) is 3. The normalized spacial score (nSPS) is 19.2. The average molecular weight is 288 g/mol. The molecular formula is C11H11Cl2N3O2. The lowest BCUT2D eigenvalue weighted by Gasteiger charge is -2.23. The van der Waals surface area contributed by atoms with Gasteiger partial charge in [0.1, 0.15) is 6.04 Å². The second-order valence-corrected chi connectivity index (χ2v) is 4.64. The first-order chi connectivity index (χ1) is 8.58. The number of benzene rings is 1. The molecule has 2 rings (SSSR count). The highest BCUT2D eigenvalue weighted by molar-refractivity contribution is 6.39. The van der Waals surface area contributed by atoms with Crippen molar-refractivity contribution in [2.45, 2.75) is 6.04 Å². The minimum atomic E-state index is -0.491. The van der Waals surface area contributed by atoms with E-state index < -0.39 is 6.04 Å². The van der Waals surface area contributed by atoms with Crippen molar-refractivity contribution in [3.05, 3.63) is 28.2 Å². The van der Waals surface area contributed by atoms with Crippen LogP contribution in [0.2, 0.25) is 10.0 Å². The molecule has 2 amide bonds. The smallest absolute Gasteiger partial charge is 0.243 e. The third-order valence-corrected chi connectivity index (χ3v) is 3.17. The van der Waals surface area contributed by atoms with Gasteiger partial charge in [0.25, 0.3) is 0 Å². The minimum absolute atomic E-state index is 0.119. The van der Waals surface area contributed by atoms with Gasteiger partial charge in [-0.05, 0) is 12.1 Å². The molecule has 1 aromatic rings. The molecule has 1 heterocycles. The maximum absolute atomic E-state index is 11.9. The largest absolute Gasteiger partial charge is 0.353 e. The summed E-state index contributed by atoms with van der Waals surface area (Å²) < 4.78 is 0. The van der Waals surface area contributed by atoms with Crippen molar-refractivity contribution in [3.8, 4) is 0 Å². The third-order valence-electron chi connectivity index (χ3n) is 2.54. The van der Waals surface area contributed by atoms with Crippen LogP contribution in [0.1, 0.15) is 0 Å². The van der Waals surface area contributed by atoms with Crippen LogP contribution in [-0.2, 0) is 9.59 Å². The van der Waals surface area contributed by atoms with Crippen LogP contribution in [-0.4, -0.2) is 30.9 Å². The molecule has 18 heavy (non-hydrogen) atoms. The zero-order valence-electron chi connectivity index (χ0n) is 9.30. The van der Waals surface area contributed by atoms with Gasteiger partial charge in [-0.3, -0.25) is 14.9 Å². The van der Waals surface area contributed by atoms with Crippen molar-refractivity contribution >= 4 is 40.7 Å². The Kier molecular flexibility index (Phi) is 4.06. The van der Waals surface area contributed by atoms with E-state index in [-0.39, 0.29) is 24.9 Å². The van der Waals surface area contributed by atoms with E-state index in [0.29, 0.717) is 15.7 Å². The Morgan fingerprint density at radius 1 is 1.33 bits per heavy atom. The molecule has 0 aliphatic carbocycles. The van der Waals surface area contributed by atoms with Gasteiger partial charge in [0, 0.05) is 6.54 Å². The van der Waals surface area contributed by atoms with Gasteiger partial charge in [-0.15, -0.1) is 0 Å². The van der Waals surface area contributed by atoms with E-state index in [9.17, 15) is 9.59 Å². The van der Waals surface area contributed by atoms with Gasteiger partial charge in [-0.2, -0.15) is 0 Å². The Hall–Kier alpha value is -1.30. The number of para-hydroxylation sites is 1. The molecule has 0 radical (unpaired) electrons. The first-order valence-electron chi connectivity index (χ1n) is 5.33. The summed E-state index contributed by atoms with van der Waals surface area (Å²) >= 11 is 11.9. The summed E-state index contributed by atoms with van der Waals surface area (Å²) in [5, 5.41) is 8.81. The van der Waals surface area contributed by atoms with Crippen molar-refractivity contribution in [1.29, 1.82) is 0 Å². The van der Waals surface area contributed by atoms with E-state index >= 15 is 0 Å². The Labute approximate surface area is 114 Å². The van der Waals surface area contributed by atoms with Crippen LogP contribution < -0.4 is 16.0 Å². The Morgan fingerprint density at radius 2 is 2.00 bits per heavy atom. The number of amides is 2. The van der Waals surface area contributed by atoms with E-state index in [2.05, 4.69) is 16.0 Å². The Bertz CT molecular complexity index is 463. The maximum atomic E-state index is 11.9. The molecule has 5 nitrogen and oxygen atoms in total. The molecule has 1 saturated heterocycles. The van der Waals surface area contributed by atoms with Gasteiger partial charge in [0.15, 0.2) is 0 Å². The fraction of sp³-hybridized carbons (Fsp3) is 0.273. The number of hydrogen-bond donors (Lipinski definition) is 3. The number of carbonyl (C=O) groups excluding carboxylic acids is 2. The Balaban J connectivity index is 2.05. The van der Waals surface area contributed by atoms with Crippen molar-refractivity contribution in [3.63, 3.8) is 0 Å². The lowest BCUT2D eigenvalue weighted by Crippen LogP contribution is -2.56. The van der Waals surface area contributed by atoms with Crippen LogP contribution in [0.3, 0.4) is 0 Å². The standard InChI is InChI=1S/C11H11Cl2N3O2/c12-6-2-1-3-7(13)10(6)16-11(18)8-4-15-9(17)5-14-8/h1-3,8,14H,4-5H2,(H,15,17)(H,16,18). The topological polar surface area (TPSA) is 70.2 Å². The highest BCUT2D eigenvalue weighted by Crippen LogP contribution is 2.29. The molecule has 1 aliphatic rings. The number of rotatable bonds is 2. The molecular weight excluding hydrogens is 277 g/mol. The average Bonchev–Trinajstić information content (AvgIpc) is 2.34. The van der Waals surface area contributed by atoms with E-state index in [1.165, 1.54) is 0 Å². The lowest BCUT2D eigenvalue weighted by molar-refractivity contribution is -0.124. The number of carbonyl (C=O) groups is 2. The zero-order valence-corrected chi connectivity index (χ0v) is 10.8. The molecule has 1 fully saturated rings. The molecule has 0 bridgehead atoms. The van der Waals surface area contributed by atoms with Crippen LogP contribution in [0, 0.1) is 0 Å². The zero-order chi connectivity index (χ0) is 13.1. The second kappa shape index (κ2) is 5.56. The number of halogens is 2. The number of piperazine rings is 1. The summed E-state index contributed by atoms with van der Waals surface area (Å²) in [5.74, 6) is -0.417. The minimum Gasteiger partial charge on any atom is -0.353 e. The van der Waals surface area contributed by atoms with Crippen molar-refractivity contribution in [2.24, 2.45) is 0 Å². The molecule has 96 valence electrons. The summed E-state index contributed by atoms with van der Waals surface area (Å²) in [5.41, 5.74) is 0.379. The summed E-state index contributed by atoms with van der Waals surface area (Å²) in [4.78, 5) is 22.9. The molecule has 3 N–H and O–H groups in total. The Morgan fingerprint density at radius 3 is 2.56 bits per heavy atom. The summed E-state index contributed by atoms with van der Waals surface area (Å²) in [6.07, 6.45) is 0. The SMILES string of the molecule is O=C1CNC(C(=O)Nc2c(Cl)cccc2Cl)CN1. The molecule has 1 unspecified atom stereocenters. The maximum Gasteiger partial charge on any atom is 0.243 e.